The van der Waals surface area contributed by atoms with Crippen LogP contribution in [0.1, 0.15) is 12.8 Å². The van der Waals surface area contributed by atoms with Crippen molar-refractivity contribution in [2.45, 2.75) is 18.4 Å². The van der Waals surface area contributed by atoms with Crippen molar-refractivity contribution in [3.05, 3.63) is 30.3 Å². The fraction of sp³-hybridized carbons (Fsp3) is 0.471. The lowest BCUT2D eigenvalue weighted by Gasteiger charge is -2.36. The van der Waals surface area contributed by atoms with Crippen molar-refractivity contribution in [3.8, 4) is 5.75 Å². The van der Waals surface area contributed by atoms with Crippen LogP contribution >= 0.6 is 0 Å². The Hall–Kier alpha value is -2.57. The van der Waals surface area contributed by atoms with Gasteiger partial charge in [-0.1, -0.05) is 18.2 Å². The summed E-state index contributed by atoms with van der Waals surface area (Å²) in [7, 11) is 3.46. The summed E-state index contributed by atoms with van der Waals surface area (Å²) in [6, 6.07) is 9.39. The van der Waals surface area contributed by atoms with Gasteiger partial charge in [-0.3, -0.25) is 9.79 Å². The zero-order valence-electron chi connectivity index (χ0n) is 14.0. The highest BCUT2D eigenvalue weighted by atomic mass is 16.5. The molecule has 2 aliphatic rings. The Labute approximate surface area is 141 Å². The standard InChI is InChI=1S/C17H22N4O3/c1-20(2)16(23)21-10-8-17(9-11-21)15(22)18-14(19-17)12-24-13-6-4-3-5-7-13/h3-7H,8-12H2,1-2H3,(H,18,19,22). The minimum absolute atomic E-state index is 0.0279. The molecule has 7 nitrogen and oxygen atoms in total. The molecule has 0 radical (unpaired) electrons. The highest BCUT2D eigenvalue weighted by Gasteiger charge is 2.46. The van der Waals surface area contributed by atoms with Gasteiger partial charge in [0.2, 0.25) is 0 Å². The third kappa shape index (κ3) is 3.20. The number of urea groups is 1. The van der Waals surface area contributed by atoms with E-state index in [1.807, 2.05) is 30.3 Å². The number of nitrogens with one attached hydrogen (secondary N) is 1. The van der Waals surface area contributed by atoms with E-state index in [2.05, 4.69) is 10.3 Å². The second kappa shape index (κ2) is 6.51. The minimum Gasteiger partial charge on any atom is -0.486 e. The van der Waals surface area contributed by atoms with E-state index in [-0.39, 0.29) is 18.5 Å². The summed E-state index contributed by atoms with van der Waals surface area (Å²) in [5.41, 5.74) is -0.752. The van der Waals surface area contributed by atoms with Crippen LogP contribution in [0.2, 0.25) is 0 Å². The topological polar surface area (TPSA) is 74.2 Å². The molecule has 0 aromatic heterocycles. The van der Waals surface area contributed by atoms with Crippen LogP contribution in [-0.4, -0.2) is 66.9 Å². The van der Waals surface area contributed by atoms with Crippen LogP contribution in [0.25, 0.3) is 0 Å². The maximum absolute atomic E-state index is 12.4. The van der Waals surface area contributed by atoms with E-state index in [1.54, 1.807) is 23.9 Å². The summed E-state index contributed by atoms with van der Waals surface area (Å²) in [6.45, 7) is 1.29. The number of nitrogens with zero attached hydrogens (tertiary/aromatic N) is 3. The van der Waals surface area contributed by atoms with E-state index in [1.165, 1.54) is 0 Å². The Kier molecular flexibility index (Phi) is 4.42. The molecule has 128 valence electrons. The van der Waals surface area contributed by atoms with Gasteiger partial charge in [0.25, 0.3) is 5.91 Å². The molecule has 3 amide bonds. The number of hydrogen-bond acceptors (Lipinski definition) is 4. The molecule has 1 aromatic carbocycles. The van der Waals surface area contributed by atoms with Gasteiger partial charge >= 0.3 is 6.03 Å². The number of piperidine rings is 1. The van der Waals surface area contributed by atoms with Crippen LogP contribution in [0.4, 0.5) is 4.79 Å². The maximum Gasteiger partial charge on any atom is 0.319 e. The first-order valence-electron chi connectivity index (χ1n) is 8.04. The van der Waals surface area contributed by atoms with Gasteiger partial charge in [-0.15, -0.1) is 0 Å². The van der Waals surface area contributed by atoms with Crippen LogP contribution < -0.4 is 10.1 Å². The molecule has 1 spiro atoms. The van der Waals surface area contributed by atoms with E-state index in [9.17, 15) is 9.59 Å². The fourth-order valence-electron chi connectivity index (χ4n) is 3.01. The van der Waals surface area contributed by atoms with Gasteiger partial charge < -0.3 is 19.9 Å². The molecule has 1 aromatic rings. The van der Waals surface area contributed by atoms with E-state index in [4.69, 9.17) is 4.74 Å². The van der Waals surface area contributed by atoms with Crippen molar-refractivity contribution >= 4 is 17.8 Å². The smallest absolute Gasteiger partial charge is 0.319 e. The normalized spacial score (nSPS) is 19.0. The highest BCUT2D eigenvalue weighted by Crippen LogP contribution is 2.30. The molecule has 1 N–H and O–H groups in total. The second-order valence-electron chi connectivity index (χ2n) is 6.31. The van der Waals surface area contributed by atoms with Crippen molar-refractivity contribution in [1.82, 2.24) is 15.1 Å². The van der Waals surface area contributed by atoms with Crippen LogP contribution in [0.15, 0.2) is 35.3 Å². The Morgan fingerprint density at radius 1 is 1.29 bits per heavy atom. The monoisotopic (exact) mass is 330 g/mol. The van der Waals surface area contributed by atoms with E-state index >= 15 is 0 Å². The molecule has 0 saturated carbocycles. The molecule has 0 atom stereocenters. The number of likely N-dealkylation sites (tertiary alicyclic amines) is 1. The van der Waals surface area contributed by atoms with Crippen molar-refractivity contribution < 1.29 is 14.3 Å². The molecular formula is C17H22N4O3. The van der Waals surface area contributed by atoms with Gasteiger partial charge in [-0.05, 0) is 25.0 Å². The Bertz CT molecular complexity index is 649. The Morgan fingerprint density at radius 3 is 2.58 bits per heavy atom. The lowest BCUT2D eigenvalue weighted by atomic mass is 9.88. The zero-order chi connectivity index (χ0) is 17.2. The number of carbonyl (C=O) groups excluding carboxylic acids is 2. The number of carbonyl (C=O) groups is 2. The average Bonchev–Trinajstić information content (AvgIpc) is 2.89. The van der Waals surface area contributed by atoms with Crippen LogP contribution in [0.3, 0.4) is 0 Å². The van der Waals surface area contributed by atoms with E-state index in [0.29, 0.717) is 31.8 Å². The number of rotatable bonds is 3. The first-order chi connectivity index (χ1) is 11.5. The molecule has 3 rings (SSSR count). The van der Waals surface area contributed by atoms with Gasteiger partial charge in [0, 0.05) is 27.2 Å². The molecule has 0 unspecified atom stereocenters. The lowest BCUT2D eigenvalue weighted by Crippen LogP contribution is -2.52. The molecule has 2 aliphatic heterocycles. The Morgan fingerprint density at radius 2 is 1.96 bits per heavy atom. The molecule has 7 heteroatoms. The average molecular weight is 330 g/mol. The predicted octanol–water partition coefficient (Wildman–Crippen LogP) is 1.11. The summed E-state index contributed by atoms with van der Waals surface area (Å²) in [5.74, 6) is 1.20. The second-order valence-corrected chi connectivity index (χ2v) is 6.31. The van der Waals surface area contributed by atoms with Gasteiger partial charge in [-0.2, -0.15) is 0 Å². The number of amidine groups is 1. The lowest BCUT2D eigenvalue weighted by molar-refractivity contribution is -0.125. The molecular weight excluding hydrogens is 308 g/mol. The zero-order valence-corrected chi connectivity index (χ0v) is 14.0. The van der Waals surface area contributed by atoms with Gasteiger partial charge in [-0.25, -0.2) is 4.79 Å². The van der Waals surface area contributed by atoms with Crippen molar-refractivity contribution in [2.75, 3.05) is 33.8 Å². The quantitative estimate of drug-likeness (QED) is 0.902. The number of amides is 3. The summed E-state index contributed by atoms with van der Waals surface area (Å²) < 4.78 is 5.65. The number of ether oxygens (including phenoxy) is 1. The molecule has 24 heavy (non-hydrogen) atoms. The molecule has 2 heterocycles. The summed E-state index contributed by atoms with van der Waals surface area (Å²) >= 11 is 0. The third-order valence-corrected chi connectivity index (χ3v) is 4.39. The Balaban J connectivity index is 1.61. The van der Waals surface area contributed by atoms with E-state index < -0.39 is 5.54 Å². The molecule has 0 aliphatic carbocycles. The first kappa shape index (κ1) is 16.3. The van der Waals surface area contributed by atoms with Crippen LogP contribution in [0.5, 0.6) is 5.75 Å². The van der Waals surface area contributed by atoms with Crippen molar-refractivity contribution in [2.24, 2.45) is 4.99 Å². The number of hydrogen-bond donors (Lipinski definition) is 1. The SMILES string of the molecule is CN(C)C(=O)N1CCC2(CC1)N=C(COc1ccccc1)NC2=O. The first-order valence-corrected chi connectivity index (χ1v) is 8.04. The van der Waals surface area contributed by atoms with Crippen LogP contribution in [0, 0.1) is 0 Å². The number of benzene rings is 1. The summed E-state index contributed by atoms with van der Waals surface area (Å²) in [6.07, 6.45) is 1.07. The predicted molar refractivity (Wildman–Crippen MR) is 90.1 cm³/mol. The number of aliphatic imine (C=N–C) groups is 1. The maximum atomic E-state index is 12.4. The van der Waals surface area contributed by atoms with Crippen molar-refractivity contribution in [1.29, 1.82) is 0 Å². The molecule has 1 fully saturated rings. The molecule has 1 saturated heterocycles. The van der Waals surface area contributed by atoms with Gasteiger partial charge in [0.15, 0.2) is 0 Å². The van der Waals surface area contributed by atoms with Crippen LogP contribution in [-0.2, 0) is 4.79 Å². The van der Waals surface area contributed by atoms with E-state index in [0.717, 1.165) is 5.75 Å². The largest absolute Gasteiger partial charge is 0.486 e. The number of para-hydroxylation sites is 1. The third-order valence-electron chi connectivity index (χ3n) is 4.39. The molecule has 0 bridgehead atoms. The summed E-state index contributed by atoms with van der Waals surface area (Å²) in [4.78, 5) is 32.3. The van der Waals surface area contributed by atoms with Crippen molar-refractivity contribution in [3.63, 3.8) is 0 Å². The van der Waals surface area contributed by atoms with Gasteiger partial charge in [0.1, 0.15) is 23.7 Å². The van der Waals surface area contributed by atoms with Gasteiger partial charge in [0.05, 0.1) is 0 Å². The minimum atomic E-state index is -0.752. The fourth-order valence-corrected chi connectivity index (χ4v) is 3.01. The highest BCUT2D eigenvalue weighted by molar-refractivity contribution is 6.09. The summed E-state index contributed by atoms with van der Waals surface area (Å²) in [5, 5.41) is 2.82.